The highest BCUT2D eigenvalue weighted by Gasteiger charge is 2.29. The maximum Gasteiger partial charge on any atom is 0.252 e. The lowest BCUT2D eigenvalue weighted by atomic mass is 10.1. The van der Waals surface area contributed by atoms with E-state index in [1.807, 2.05) is 30.0 Å². The zero-order chi connectivity index (χ0) is 15.6. The van der Waals surface area contributed by atoms with Gasteiger partial charge in [-0.2, -0.15) is 16.1 Å². The molecule has 1 aromatic heterocycles. The molecule has 2 aromatic rings. The molecule has 0 unspecified atom stereocenters. The van der Waals surface area contributed by atoms with Gasteiger partial charge in [0, 0.05) is 24.1 Å². The van der Waals surface area contributed by atoms with Crippen molar-refractivity contribution in [2.75, 3.05) is 18.8 Å². The number of thiophene rings is 1. The number of hydrogen-bond acceptors (Lipinski definition) is 4. The van der Waals surface area contributed by atoms with Crippen LogP contribution in [0.3, 0.4) is 0 Å². The van der Waals surface area contributed by atoms with Gasteiger partial charge in [-0.25, -0.2) is 8.42 Å². The third kappa shape index (κ3) is 3.59. The molecule has 2 heterocycles. The number of benzene rings is 1. The maximum absolute atomic E-state index is 12.7. The van der Waals surface area contributed by atoms with Gasteiger partial charge < -0.3 is 0 Å². The van der Waals surface area contributed by atoms with Gasteiger partial charge in [-0.05, 0) is 40.0 Å². The monoisotopic (exact) mass is 417 g/mol. The Kier molecular flexibility index (Phi) is 5.29. The summed E-state index contributed by atoms with van der Waals surface area (Å²) in [6, 6.07) is 13.8. The highest BCUT2D eigenvalue weighted by molar-refractivity contribution is 9.11. The van der Waals surface area contributed by atoms with Gasteiger partial charge in [0.15, 0.2) is 0 Å². The summed E-state index contributed by atoms with van der Waals surface area (Å²) in [6.45, 7) is 1.15. The molecule has 0 bridgehead atoms. The summed E-state index contributed by atoms with van der Waals surface area (Å²) in [7, 11) is -3.36. The fourth-order valence-corrected chi connectivity index (χ4v) is 7.46. The third-order valence-corrected chi connectivity index (χ3v) is 8.93. The summed E-state index contributed by atoms with van der Waals surface area (Å²) >= 11 is 6.45. The first kappa shape index (κ1) is 16.5. The van der Waals surface area contributed by atoms with Gasteiger partial charge in [-0.15, -0.1) is 11.3 Å². The molecule has 118 valence electrons. The molecule has 3 nitrogen and oxygen atoms in total. The predicted molar refractivity (Wildman–Crippen MR) is 97.0 cm³/mol. The number of hydrogen-bond donors (Lipinski definition) is 0. The van der Waals surface area contributed by atoms with Gasteiger partial charge in [-0.1, -0.05) is 30.3 Å². The van der Waals surface area contributed by atoms with Crippen LogP contribution in [0.25, 0.3) is 0 Å². The molecule has 3 rings (SSSR count). The molecule has 0 saturated carbocycles. The Labute approximate surface area is 147 Å². The predicted octanol–water partition coefficient (Wildman–Crippen LogP) is 4.38. The van der Waals surface area contributed by atoms with Gasteiger partial charge in [0.1, 0.15) is 4.21 Å². The van der Waals surface area contributed by atoms with Crippen LogP contribution in [0, 0.1) is 0 Å². The minimum atomic E-state index is -3.36. The van der Waals surface area contributed by atoms with Gasteiger partial charge in [-0.3, -0.25) is 0 Å². The van der Waals surface area contributed by atoms with Crippen molar-refractivity contribution in [3.05, 3.63) is 51.8 Å². The lowest BCUT2D eigenvalue weighted by Crippen LogP contribution is -2.32. The Bertz CT molecular complexity index is 730. The van der Waals surface area contributed by atoms with Crippen molar-refractivity contribution < 1.29 is 8.42 Å². The molecule has 1 fully saturated rings. The zero-order valence-corrected chi connectivity index (χ0v) is 15.8. The van der Waals surface area contributed by atoms with Gasteiger partial charge in [0.25, 0.3) is 10.0 Å². The van der Waals surface area contributed by atoms with E-state index in [2.05, 4.69) is 28.1 Å². The van der Waals surface area contributed by atoms with E-state index in [4.69, 9.17) is 0 Å². The average Bonchev–Trinajstić information content (AvgIpc) is 2.82. The van der Waals surface area contributed by atoms with Gasteiger partial charge in [0.05, 0.1) is 3.79 Å². The number of nitrogens with zero attached hydrogens (tertiary/aromatic N) is 1. The zero-order valence-electron chi connectivity index (χ0n) is 11.8. The lowest BCUT2D eigenvalue weighted by molar-refractivity contribution is 0.429. The molecule has 0 aliphatic carbocycles. The van der Waals surface area contributed by atoms with Crippen LogP contribution in [0.2, 0.25) is 0 Å². The van der Waals surface area contributed by atoms with Crippen molar-refractivity contribution in [3.63, 3.8) is 0 Å². The fourth-order valence-electron chi connectivity index (χ4n) is 2.49. The molecule has 0 N–H and O–H groups in total. The smallest absolute Gasteiger partial charge is 0.206 e. The van der Waals surface area contributed by atoms with Crippen LogP contribution in [-0.4, -0.2) is 31.6 Å². The standard InChI is InChI=1S/C15H16BrNO2S3/c16-14-6-7-15(21-14)22(18,19)17-9-8-13(20-11-10-17)12-4-2-1-3-5-12/h1-7,13H,8-11H2/t13-/m1/s1. The maximum atomic E-state index is 12.7. The Morgan fingerprint density at radius 1 is 1.09 bits per heavy atom. The van der Waals surface area contributed by atoms with E-state index in [-0.39, 0.29) is 0 Å². The number of rotatable bonds is 3. The molecule has 22 heavy (non-hydrogen) atoms. The number of sulfonamides is 1. The highest BCUT2D eigenvalue weighted by atomic mass is 79.9. The summed E-state index contributed by atoms with van der Waals surface area (Å²) in [4.78, 5) is 0. The molecular weight excluding hydrogens is 402 g/mol. The van der Waals surface area contributed by atoms with Crippen LogP contribution < -0.4 is 0 Å². The summed E-state index contributed by atoms with van der Waals surface area (Å²) in [6.07, 6.45) is 0.848. The molecule has 0 amide bonds. The first-order chi connectivity index (χ1) is 10.6. The van der Waals surface area contributed by atoms with Gasteiger partial charge in [0.2, 0.25) is 0 Å². The number of thioether (sulfide) groups is 1. The summed E-state index contributed by atoms with van der Waals surface area (Å²) < 4.78 is 28.3. The average molecular weight is 418 g/mol. The van der Waals surface area contributed by atoms with E-state index in [1.165, 1.54) is 16.9 Å². The number of halogens is 1. The third-order valence-electron chi connectivity index (χ3n) is 3.61. The summed E-state index contributed by atoms with van der Waals surface area (Å²) in [5, 5.41) is 0.372. The quantitative estimate of drug-likeness (QED) is 0.743. The van der Waals surface area contributed by atoms with Crippen molar-refractivity contribution >= 4 is 49.1 Å². The van der Waals surface area contributed by atoms with Crippen LogP contribution in [-0.2, 0) is 10.0 Å². The van der Waals surface area contributed by atoms with E-state index >= 15 is 0 Å². The molecular formula is C15H16BrNO2S3. The molecule has 0 radical (unpaired) electrons. The van der Waals surface area contributed by atoms with Crippen molar-refractivity contribution in [2.24, 2.45) is 0 Å². The summed E-state index contributed by atoms with van der Waals surface area (Å²) in [5.74, 6) is 0.825. The Morgan fingerprint density at radius 2 is 1.86 bits per heavy atom. The van der Waals surface area contributed by atoms with Crippen molar-refractivity contribution in [1.29, 1.82) is 0 Å². The second-order valence-corrected chi connectivity index (χ2v) is 11.0. The lowest BCUT2D eigenvalue weighted by Gasteiger charge is -2.19. The molecule has 1 saturated heterocycles. The van der Waals surface area contributed by atoms with Gasteiger partial charge >= 0.3 is 0 Å². The molecule has 7 heteroatoms. The minimum absolute atomic E-state index is 0.372. The van der Waals surface area contributed by atoms with Crippen LogP contribution >= 0.6 is 39.0 Å². The van der Waals surface area contributed by atoms with Crippen molar-refractivity contribution in [2.45, 2.75) is 15.9 Å². The minimum Gasteiger partial charge on any atom is -0.206 e. The van der Waals surface area contributed by atoms with Crippen LogP contribution in [0.4, 0.5) is 0 Å². The molecule has 1 aliphatic heterocycles. The van der Waals surface area contributed by atoms with Crippen LogP contribution in [0.15, 0.2) is 50.5 Å². The normalized spacial score (nSPS) is 20.7. The Morgan fingerprint density at radius 3 is 2.55 bits per heavy atom. The Hall–Kier alpha value is -0.340. The first-order valence-electron chi connectivity index (χ1n) is 6.99. The first-order valence-corrected chi connectivity index (χ1v) is 11.1. The van der Waals surface area contributed by atoms with E-state index in [1.54, 1.807) is 16.4 Å². The van der Waals surface area contributed by atoms with Crippen LogP contribution in [0.1, 0.15) is 17.2 Å². The van der Waals surface area contributed by atoms with Crippen molar-refractivity contribution in [1.82, 2.24) is 4.31 Å². The SMILES string of the molecule is O=S(=O)(c1ccc(Br)s1)N1CCS[C@@H](c2ccccc2)CC1. The highest BCUT2D eigenvalue weighted by Crippen LogP contribution is 2.36. The molecule has 1 atom stereocenters. The van der Waals surface area contributed by atoms with E-state index < -0.39 is 10.0 Å². The topological polar surface area (TPSA) is 37.4 Å². The van der Waals surface area contributed by atoms with Crippen LogP contribution in [0.5, 0.6) is 0 Å². The Balaban J connectivity index is 1.75. The molecule has 1 aliphatic rings. The molecule has 0 spiro atoms. The fraction of sp³-hybridized carbons (Fsp3) is 0.333. The summed E-state index contributed by atoms with van der Waals surface area (Å²) in [5.41, 5.74) is 1.28. The van der Waals surface area contributed by atoms with E-state index in [0.717, 1.165) is 16.0 Å². The van der Waals surface area contributed by atoms with E-state index in [0.29, 0.717) is 22.5 Å². The van der Waals surface area contributed by atoms with Crippen molar-refractivity contribution in [3.8, 4) is 0 Å². The molecule has 1 aromatic carbocycles. The second kappa shape index (κ2) is 7.05. The largest absolute Gasteiger partial charge is 0.252 e. The second-order valence-electron chi connectivity index (χ2n) is 5.02. The van der Waals surface area contributed by atoms with E-state index in [9.17, 15) is 8.42 Å².